The van der Waals surface area contributed by atoms with Gasteiger partial charge >= 0.3 is 0 Å². The Morgan fingerprint density at radius 3 is 2.31 bits per heavy atom. The Hall–Kier alpha value is -3.10. The second-order valence-corrected chi connectivity index (χ2v) is 6.47. The predicted octanol–water partition coefficient (Wildman–Crippen LogP) is 6.38. The van der Waals surface area contributed by atoms with E-state index in [0.717, 1.165) is 27.7 Å². The van der Waals surface area contributed by atoms with Crippen LogP contribution in [0.3, 0.4) is 0 Å². The highest BCUT2D eigenvalue weighted by Crippen LogP contribution is 2.31. The maximum absolute atomic E-state index is 12.5. The van der Waals surface area contributed by atoms with Crippen molar-refractivity contribution in [2.45, 2.75) is 0 Å². The number of hydrogen-bond acceptors (Lipinski definition) is 1. The Morgan fingerprint density at radius 2 is 1.54 bits per heavy atom. The molecule has 0 spiro atoms. The summed E-state index contributed by atoms with van der Waals surface area (Å²) in [7, 11) is 0. The summed E-state index contributed by atoms with van der Waals surface area (Å²) >= 11 is 5.90. The number of ketones is 1. The average Bonchev–Trinajstić information content (AvgIpc) is 3.06. The van der Waals surface area contributed by atoms with Gasteiger partial charge in [0.05, 0.1) is 5.69 Å². The zero-order chi connectivity index (χ0) is 17.9. The minimum atomic E-state index is -0.0500. The van der Waals surface area contributed by atoms with E-state index in [-0.39, 0.29) is 5.78 Å². The van der Waals surface area contributed by atoms with Gasteiger partial charge in [-0.2, -0.15) is 0 Å². The van der Waals surface area contributed by atoms with Crippen LogP contribution in [0.15, 0.2) is 84.9 Å². The number of benzene rings is 3. The van der Waals surface area contributed by atoms with E-state index in [1.807, 2.05) is 42.5 Å². The molecule has 0 radical (unpaired) electrons. The van der Waals surface area contributed by atoms with Crippen LogP contribution in [0.25, 0.3) is 28.2 Å². The van der Waals surface area contributed by atoms with Gasteiger partial charge in [-0.25, -0.2) is 0 Å². The van der Waals surface area contributed by atoms with Gasteiger partial charge in [0.15, 0.2) is 5.78 Å². The van der Waals surface area contributed by atoms with Crippen molar-refractivity contribution in [1.29, 1.82) is 0 Å². The number of aromatic amines is 1. The average molecular weight is 358 g/mol. The molecule has 0 aliphatic heterocycles. The quantitative estimate of drug-likeness (QED) is 0.333. The van der Waals surface area contributed by atoms with E-state index in [4.69, 9.17) is 11.6 Å². The normalized spacial score (nSPS) is 11.3. The van der Waals surface area contributed by atoms with Gasteiger partial charge in [-0.05, 0) is 48.0 Å². The van der Waals surface area contributed by atoms with Gasteiger partial charge in [-0.1, -0.05) is 60.1 Å². The van der Waals surface area contributed by atoms with Crippen LogP contribution in [0, 0.1) is 0 Å². The smallest absolute Gasteiger partial charge is 0.185 e. The fourth-order valence-electron chi connectivity index (χ4n) is 3.04. The molecule has 26 heavy (non-hydrogen) atoms. The molecular weight excluding hydrogens is 342 g/mol. The molecule has 4 rings (SSSR count). The molecule has 0 bridgehead atoms. The maximum atomic E-state index is 12.5. The summed E-state index contributed by atoms with van der Waals surface area (Å²) in [5.41, 5.74) is 4.76. The van der Waals surface area contributed by atoms with E-state index >= 15 is 0 Å². The zero-order valence-electron chi connectivity index (χ0n) is 13.9. The van der Waals surface area contributed by atoms with Gasteiger partial charge in [0.25, 0.3) is 0 Å². The van der Waals surface area contributed by atoms with Crippen LogP contribution in [-0.2, 0) is 0 Å². The van der Waals surface area contributed by atoms with Crippen LogP contribution in [0.4, 0.5) is 0 Å². The Labute approximate surface area is 156 Å². The highest BCUT2D eigenvalue weighted by Gasteiger charge is 2.11. The lowest BCUT2D eigenvalue weighted by Gasteiger charge is -2.01. The van der Waals surface area contributed by atoms with Gasteiger partial charge < -0.3 is 4.98 Å². The molecule has 2 nitrogen and oxygen atoms in total. The number of carbonyl (C=O) groups excluding carboxylic acids is 1. The van der Waals surface area contributed by atoms with E-state index in [9.17, 15) is 4.79 Å². The molecule has 0 amide bonds. The first-order valence-electron chi connectivity index (χ1n) is 8.36. The maximum Gasteiger partial charge on any atom is 0.185 e. The molecule has 0 saturated heterocycles. The van der Waals surface area contributed by atoms with E-state index in [1.165, 1.54) is 0 Å². The number of halogens is 1. The third kappa shape index (κ3) is 3.19. The lowest BCUT2D eigenvalue weighted by molar-refractivity contribution is 0.104. The summed E-state index contributed by atoms with van der Waals surface area (Å²) in [6.07, 6.45) is 3.50. The van der Waals surface area contributed by atoms with E-state index in [0.29, 0.717) is 10.6 Å². The summed E-state index contributed by atoms with van der Waals surface area (Å²) in [5.74, 6) is -0.0500. The number of para-hydroxylation sites is 1. The summed E-state index contributed by atoms with van der Waals surface area (Å²) in [5, 5.41) is 1.71. The molecule has 3 heteroatoms. The fourth-order valence-corrected chi connectivity index (χ4v) is 3.16. The molecule has 0 aliphatic carbocycles. The van der Waals surface area contributed by atoms with Crippen molar-refractivity contribution in [3.8, 4) is 11.3 Å². The number of nitrogens with one attached hydrogen (secondary N) is 1. The molecule has 0 fully saturated rings. The summed E-state index contributed by atoms with van der Waals surface area (Å²) in [6, 6.07) is 25.2. The minimum Gasteiger partial charge on any atom is -0.354 e. The second-order valence-electron chi connectivity index (χ2n) is 6.03. The first-order valence-corrected chi connectivity index (χ1v) is 8.74. The van der Waals surface area contributed by atoms with Gasteiger partial charge in [0.2, 0.25) is 0 Å². The monoisotopic (exact) mass is 357 g/mol. The molecule has 0 unspecified atom stereocenters. The number of rotatable bonds is 4. The Kier molecular flexibility index (Phi) is 4.42. The van der Waals surface area contributed by atoms with Crippen LogP contribution < -0.4 is 0 Å². The van der Waals surface area contributed by atoms with Crippen LogP contribution in [0.2, 0.25) is 5.02 Å². The molecule has 0 atom stereocenters. The Bertz CT molecular complexity index is 1090. The first kappa shape index (κ1) is 16.4. The van der Waals surface area contributed by atoms with Crippen LogP contribution >= 0.6 is 11.6 Å². The van der Waals surface area contributed by atoms with Crippen molar-refractivity contribution < 1.29 is 4.79 Å². The molecule has 0 aliphatic rings. The van der Waals surface area contributed by atoms with Gasteiger partial charge in [-0.15, -0.1) is 0 Å². The molecule has 1 heterocycles. The number of aromatic nitrogens is 1. The third-order valence-electron chi connectivity index (χ3n) is 4.34. The lowest BCUT2D eigenvalue weighted by atomic mass is 10.0. The number of hydrogen-bond donors (Lipinski definition) is 1. The lowest BCUT2D eigenvalue weighted by Crippen LogP contribution is -1.93. The standard InChI is InChI=1S/C23H16ClNO/c24-18-12-10-16(11-13-18)22(26)15-14-20-19-8-4-5-9-21(19)25-23(20)17-6-2-1-3-7-17/h1-15,25H/b15-14+. The minimum absolute atomic E-state index is 0.0500. The molecular formula is C23H16ClNO. The third-order valence-corrected chi connectivity index (χ3v) is 4.59. The Balaban J connectivity index is 1.78. The number of H-pyrrole nitrogens is 1. The van der Waals surface area contributed by atoms with Crippen molar-refractivity contribution in [2.24, 2.45) is 0 Å². The summed E-state index contributed by atoms with van der Waals surface area (Å²) < 4.78 is 0. The SMILES string of the molecule is O=C(/C=C/c1c(-c2ccccc2)[nH]c2ccccc12)c1ccc(Cl)cc1. The summed E-state index contributed by atoms with van der Waals surface area (Å²) in [4.78, 5) is 16.0. The molecule has 1 N–H and O–H groups in total. The van der Waals surface area contributed by atoms with Gasteiger partial charge in [0.1, 0.15) is 0 Å². The van der Waals surface area contributed by atoms with Gasteiger partial charge in [-0.3, -0.25) is 4.79 Å². The van der Waals surface area contributed by atoms with E-state index in [2.05, 4.69) is 23.2 Å². The predicted molar refractivity (Wildman–Crippen MR) is 109 cm³/mol. The van der Waals surface area contributed by atoms with Gasteiger partial charge in [0, 0.05) is 27.1 Å². The number of allylic oxidation sites excluding steroid dienone is 1. The topological polar surface area (TPSA) is 32.9 Å². The molecule has 3 aromatic carbocycles. The number of fused-ring (bicyclic) bond motifs is 1. The largest absolute Gasteiger partial charge is 0.354 e. The second kappa shape index (κ2) is 7.03. The highest BCUT2D eigenvalue weighted by atomic mass is 35.5. The van der Waals surface area contributed by atoms with Crippen molar-refractivity contribution in [3.63, 3.8) is 0 Å². The molecule has 4 aromatic rings. The van der Waals surface area contributed by atoms with Crippen molar-refractivity contribution in [3.05, 3.63) is 101 Å². The van der Waals surface area contributed by atoms with E-state index < -0.39 is 0 Å². The van der Waals surface area contributed by atoms with Crippen LogP contribution in [-0.4, -0.2) is 10.8 Å². The van der Waals surface area contributed by atoms with Crippen LogP contribution in [0.5, 0.6) is 0 Å². The van der Waals surface area contributed by atoms with Crippen molar-refractivity contribution in [2.75, 3.05) is 0 Å². The first-order chi connectivity index (χ1) is 12.7. The molecule has 1 aromatic heterocycles. The highest BCUT2D eigenvalue weighted by molar-refractivity contribution is 6.30. The fraction of sp³-hybridized carbons (Fsp3) is 0. The number of carbonyl (C=O) groups is 1. The summed E-state index contributed by atoms with van der Waals surface area (Å²) in [6.45, 7) is 0. The van der Waals surface area contributed by atoms with E-state index in [1.54, 1.807) is 30.3 Å². The Morgan fingerprint density at radius 1 is 0.846 bits per heavy atom. The van der Waals surface area contributed by atoms with Crippen molar-refractivity contribution >= 4 is 34.4 Å². The van der Waals surface area contributed by atoms with Crippen LogP contribution in [0.1, 0.15) is 15.9 Å². The zero-order valence-corrected chi connectivity index (χ0v) is 14.7. The molecule has 0 saturated carbocycles. The molecule has 126 valence electrons. The van der Waals surface area contributed by atoms with Crippen molar-refractivity contribution in [1.82, 2.24) is 4.98 Å².